The number of rotatable bonds is 2. The van der Waals surface area contributed by atoms with Crippen LogP contribution in [-0.2, 0) is 0 Å². The van der Waals surface area contributed by atoms with Gasteiger partial charge in [0.25, 0.3) is 0 Å². The van der Waals surface area contributed by atoms with E-state index in [1.54, 1.807) is 6.07 Å². The predicted molar refractivity (Wildman–Crippen MR) is 58.5 cm³/mol. The quantitative estimate of drug-likeness (QED) is 0.667. The molecule has 0 saturated carbocycles. The molecule has 0 fully saturated rings. The van der Waals surface area contributed by atoms with Crippen molar-refractivity contribution < 1.29 is 9.34 Å². The average Bonchev–Trinajstić information content (AvgIpc) is 2.63. The number of anilines is 1. The number of hydrogen-bond acceptors (Lipinski definition) is 6. The zero-order valence-electron chi connectivity index (χ0n) is 7.75. The summed E-state index contributed by atoms with van der Waals surface area (Å²) < 4.78 is 5.66. The van der Waals surface area contributed by atoms with Crippen LogP contribution >= 0.6 is 15.9 Å². The molecule has 0 amide bonds. The Labute approximate surface area is 97.6 Å². The summed E-state index contributed by atoms with van der Waals surface area (Å²) in [6.45, 7) is 0. The maximum absolute atomic E-state index is 10.8. The minimum Gasteiger partial charge on any atom is -0.461 e. The standard InChI is InChI=1S/C8H5BrN4O3/c9-4-1-2-16-7(4)6-5(13(14)15)3-11-8(10)12-6/h1-3H,(H2,10,11,12). The summed E-state index contributed by atoms with van der Waals surface area (Å²) in [5.41, 5.74) is 5.17. The van der Waals surface area contributed by atoms with Crippen LogP contribution in [0.15, 0.2) is 27.4 Å². The third-order valence-electron chi connectivity index (χ3n) is 1.82. The van der Waals surface area contributed by atoms with Gasteiger partial charge in [0.1, 0.15) is 6.20 Å². The zero-order valence-corrected chi connectivity index (χ0v) is 9.34. The largest absolute Gasteiger partial charge is 0.461 e. The first-order valence-corrected chi connectivity index (χ1v) is 4.89. The number of nitrogen functional groups attached to an aromatic ring is 1. The Morgan fingerprint density at radius 1 is 1.56 bits per heavy atom. The summed E-state index contributed by atoms with van der Waals surface area (Å²) in [4.78, 5) is 17.5. The molecule has 2 N–H and O–H groups in total. The monoisotopic (exact) mass is 284 g/mol. The van der Waals surface area contributed by atoms with E-state index in [2.05, 4.69) is 25.9 Å². The molecule has 0 radical (unpaired) electrons. The van der Waals surface area contributed by atoms with Crippen molar-refractivity contribution in [2.75, 3.05) is 5.73 Å². The van der Waals surface area contributed by atoms with Gasteiger partial charge in [0.2, 0.25) is 5.95 Å². The van der Waals surface area contributed by atoms with Crippen molar-refractivity contribution in [2.45, 2.75) is 0 Å². The Bertz CT molecular complexity index is 554. The van der Waals surface area contributed by atoms with Gasteiger partial charge in [0.05, 0.1) is 15.7 Å². The summed E-state index contributed by atoms with van der Waals surface area (Å²) in [6, 6.07) is 1.61. The summed E-state index contributed by atoms with van der Waals surface area (Å²) in [6.07, 6.45) is 2.44. The van der Waals surface area contributed by atoms with Crippen molar-refractivity contribution >= 4 is 27.6 Å². The lowest BCUT2D eigenvalue weighted by Crippen LogP contribution is -2.00. The van der Waals surface area contributed by atoms with E-state index in [1.165, 1.54) is 6.26 Å². The van der Waals surface area contributed by atoms with Gasteiger partial charge in [-0.1, -0.05) is 0 Å². The first-order chi connectivity index (χ1) is 7.59. The van der Waals surface area contributed by atoms with Gasteiger partial charge in [-0.05, 0) is 22.0 Å². The number of furan rings is 1. The van der Waals surface area contributed by atoms with E-state index in [-0.39, 0.29) is 23.1 Å². The molecule has 2 rings (SSSR count). The molecule has 7 nitrogen and oxygen atoms in total. The highest BCUT2D eigenvalue weighted by molar-refractivity contribution is 9.10. The van der Waals surface area contributed by atoms with Crippen LogP contribution in [0.25, 0.3) is 11.5 Å². The van der Waals surface area contributed by atoms with Crippen LogP contribution in [0.5, 0.6) is 0 Å². The normalized spacial score (nSPS) is 10.3. The van der Waals surface area contributed by atoms with Gasteiger partial charge in [0.15, 0.2) is 11.5 Å². The number of hydrogen-bond donors (Lipinski definition) is 1. The molecule has 0 saturated heterocycles. The number of halogens is 1. The van der Waals surface area contributed by atoms with Crippen molar-refractivity contribution in [3.8, 4) is 11.5 Å². The van der Waals surface area contributed by atoms with Crippen LogP contribution in [-0.4, -0.2) is 14.9 Å². The Balaban J connectivity index is 2.67. The molecule has 8 heteroatoms. The van der Waals surface area contributed by atoms with Gasteiger partial charge in [-0.25, -0.2) is 9.97 Å². The smallest absolute Gasteiger partial charge is 0.317 e. The van der Waals surface area contributed by atoms with Gasteiger partial charge < -0.3 is 10.2 Å². The van der Waals surface area contributed by atoms with Crippen LogP contribution in [0.1, 0.15) is 0 Å². The molecule has 0 aliphatic rings. The minimum atomic E-state index is -0.594. The molecule has 0 bridgehead atoms. The van der Waals surface area contributed by atoms with Crippen LogP contribution in [0.3, 0.4) is 0 Å². The second-order valence-electron chi connectivity index (χ2n) is 2.82. The topological polar surface area (TPSA) is 108 Å². The fourth-order valence-corrected chi connectivity index (χ4v) is 1.54. The molecule has 82 valence electrons. The van der Waals surface area contributed by atoms with Gasteiger partial charge >= 0.3 is 5.69 Å². The predicted octanol–water partition coefficient (Wildman–Crippen LogP) is 1.99. The van der Waals surface area contributed by atoms with E-state index in [1.807, 2.05) is 0 Å². The maximum Gasteiger partial charge on any atom is 0.317 e. The SMILES string of the molecule is Nc1ncc([N+](=O)[O-])c(-c2occc2Br)n1. The lowest BCUT2D eigenvalue weighted by molar-refractivity contribution is -0.384. The molecule has 2 aromatic rings. The fraction of sp³-hybridized carbons (Fsp3) is 0. The second kappa shape index (κ2) is 3.89. The number of nitrogens with zero attached hydrogens (tertiary/aromatic N) is 3. The summed E-state index contributed by atoms with van der Waals surface area (Å²) in [5, 5.41) is 10.8. The highest BCUT2D eigenvalue weighted by Gasteiger charge is 2.22. The molecular weight excluding hydrogens is 280 g/mol. The van der Waals surface area contributed by atoms with Crippen molar-refractivity contribution in [3.63, 3.8) is 0 Å². The fourth-order valence-electron chi connectivity index (χ4n) is 1.15. The molecule has 2 heterocycles. The molecular formula is C8H5BrN4O3. The first-order valence-electron chi connectivity index (χ1n) is 4.10. The molecule has 0 spiro atoms. The molecule has 0 aliphatic heterocycles. The maximum atomic E-state index is 10.8. The van der Waals surface area contributed by atoms with Crippen molar-refractivity contribution in [1.29, 1.82) is 0 Å². The lowest BCUT2D eigenvalue weighted by Gasteiger charge is -2.00. The number of aromatic nitrogens is 2. The van der Waals surface area contributed by atoms with E-state index in [0.717, 1.165) is 6.20 Å². The Kier molecular flexibility index (Phi) is 2.57. The van der Waals surface area contributed by atoms with Crippen molar-refractivity contribution in [1.82, 2.24) is 9.97 Å². The summed E-state index contributed by atoms with van der Waals surface area (Å²) >= 11 is 3.19. The molecule has 16 heavy (non-hydrogen) atoms. The van der Waals surface area contributed by atoms with Gasteiger partial charge in [-0.15, -0.1) is 0 Å². The van der Waals surface area contributed by atoms with E-state index in [0.29, 0.717) is 4.47 Å². The van der Waals surface area contributed by atoms with Gasteiger partial charge in [0, 0.05) is 0 Å². The molecule has 0 atom stereocenters. The van der Waals surface area contributed by atoms with Gasteiger partial charge in [-0.3, -0.25) is 10.1 Å². The third kappa shape index (κ3) is 1.74. The van der Waals surface area contributed by atoms with Crippen LogP contribution in [0, 0.1) is 10.1 Å². The van der Waals surface area contributed by atoms with E-state index < -0.39 is 4.92 Å². The molecule has 0 unspecified atom stereocenters. The van der Waals surface area contributed by atoms with Crippen LogP contribution < -0.4 is 5.73 Å². The molecule has 0 aliphatic carbocycles. The number of nitro groups is 1. The summed E-state index contributed by atoms with van der Waals surface area (Å²) in [7, 11) is 0. The van der Waals surface area contributed by atoms with E-state index in [4.69, 9.17) is 10.2 Å². The van der Waals surface area contributed by atoms with Crippen molar-refractivity contribution in [2.24, 2.45) is 0 Å². The highest BCUT2D eigenvalue weighted by Crippen LogP contribution is 2.33. The molecule has 2 aromatic heterocycles. The lowest BCUT2D eigenvalue weighted by atomic mass is 10.3. The van der Waals surface area contributed by atoms with Crippen molar-refractivity contribution in [3.05, 3.63) is 33.1 Å². The zero-order chi connectivity index (χ0) is 11.7. The Morgan fingerprint density at radius 3 is 2.88 bits per heavy atom. The first kappa shape index (κ1) is 10.6. The van der Waals surface area contributed by atoms with E-state index >= 15 is 0 Å². The Hall–Kier alpha value is -1.96. The van der Waals surface area contributed by atoms with Gasteiger partial charge in [-0.2, -0.15) is 0 Å². The number of nitrogens with two attached hydrogens (primary N) is 1. The van der Waals surface area contributed by atoms with Crippen LogP contribution in [0.2, 0.25) is 0 Å². The highest BCUT2D eigenvalue weighted by atomic mass is 79.9. The minimum absolute atomic E-state index is 0.0503. The second-order valence-corrected chi connectivity index (χ2v) is 3.67. The van der Waals surface area contributed by atoms with E-state index in [9.17, 15) is 10.1 Å². The molecule has 0 aromatic carbocycles. The Morgan fingerprint density at radius 2 is 2.31 bits per heavy atom. The van der Waals surface area contributed by atoms with Crippen LogP contribution in [0.4, 0.5) is 11.6 Å². The third-order valence-corrected chi connectivity index (χ3v) is 2.44. The summed E-state index contributed by atoms with van der Waals surface area (Å²) in [5.74, 6) is 0.199. The average molecular weight is 285 g/mol.